The monoisotopic (exact) mass is 508 g/mol. The van der Waals surface area contributed by atoms with E-state index in [-0.39, 0.29) is 12.4 Å². The Hall–Kier alpha value is -0.910. The first-order valence-corrected chi connectivity index (χ1v) is 11.8. The van der Waals surface area contributed by atoms with Gasteiger partial charge in [0.1, 0.15) is 0 Å². The summed E-state index contributed by atoms with van der Waals surface area (Å²) in [6, 6.07) is 18.2. The van der Waals surface area contributed by atoms with E-state index in [1.807, 2.05) is 23.5 Å². The predicted molar refractivity (Wildman–Crippen MR) is 129 cm³/mol. The van der Waals surface area contributed by atoms with Gasteiger partial charge in [-0.3, -0.25) is 4.90 Å². The molecule has 3 aromatic rings. The fraction of sp³-hybridized carbons (Fsp3) is 0.348. The number of piperidine rings is 1. The quantitative estimate of drug-likeness (QED) is 0.366. The first-order chi connectivity index (χ1) is 13.6. The van der Waals surface area contributed by atoms with E-state index in [9.17, 15) is 0 Å². The van der Waals surface area contributed by atoms with Gasteiger partial charge in [0, 0.05) is 33.7 Å². The minimum absolute atomic E-state index is 0. The average molecular weight is 510 g/mol. The van der Waals surface area contributed by atoms with Crippen LogP contribution in [0.2, 0.25) is 5.02 Å². The summed E-state index contributed by atoms with van der Waals surface area (Å²) in [4.78, 5) is 8.79. The first-order valence-electron chi connectivity index (χ1n) is 9.79. The molecule has 4 atom stereocenters. The predicted octanol–water partition coefficient (Wildman–Crippen LogP) is 7.38. The lowest BCUT2D eigenvalue weighted by atomic mass is 9.76. The molecule has 2 nitrogen and oxygen atoms in total. The van der Waals surface area contributed by atoms with Crippen LogP contribution in [-0.2, 0) is 0 Å². The summed E-state index contributed by atoms with van der Waals surface area (Å²) in [6.45, 7) is 0. The molecule has 0 N–H and O–H groups in total. The molecule has 2 aliphatic heterocycles. The van der Waals surface area contributed by atoms with Gasteiger partial charge in [-0.25, -0.2) is 4.98 Å². The molecule has 2 saturated heterocycles. The number of hydrogen-bond donors (Lipinski definition) is 0. The molecule has 0 spiro atoms. The van der Waals surface area contributed by atoms with Crippen molar-refractivity contribution in [3.8, 4) is 10.4 Å². The molecule has 2 bridgehead atoms. The van der Waals surface area contributed by atoms with Crippen LogP contribution >= 0.6 is 51.3 Å². The highest BCUT2D eigenvalue weighted by molar-refractivity contribution is 9.10. The van der Waals surface area contributed by atoms with Gasteiger partial charge in [0.2, 0.25) is 0 Å². The Morgan fingerprint density at radius 3 is 2.69 bits per heavy atom. The minimum Gasteiger partial charge on any atom is -0.300 e. The van der Waals surface area contributed by atoms with Gasteiger partial charge in [-0.15, -0.1) is 23.7 Å². The number of aromatic nitrogens is 1. The molecule has 3 heterocycles. The number of rotatable bonds is 3. The molecular weight excluding hydrogens is 487 g/mol. The number of fused-ring (bicyclic) bond motifs is 2. The number of nitrogens with zero attached hydrogens (tertiary/aromatic N) is 2. The Balaban J connectivity index is 0.00000205. The van der Waals surface area contributed by atoms with Gasteiger partial charge >= 0.3 is 0 Å². The van der Waals surface area contributed by atoms with E-state index in [0.29, 0.717) is 23.9 Å². The summed E-state index contributed by atoms with van der Waals surface area (Å²) in [5.74, 6) is 0.948. The lowest BCUT2D eigenvalue weighted by Crippen LogP contribution is -2.44. The molecule has 2 fully saturated rings. The van der Waals surface area contributed by atoms with Gasteiger partial charge in [-0.1, -0.05) is 51.8 Å². The fourth-order valence-corrected chi connectivity index (χ4v) is 6.74. The van der Waals surface area contributed by atoms with Crippen LogP contribution in [0.3, 0.4) is 0 Å². The third-order valence-electron chi connectivity index (χ3n) is 6.48. The summed E-state index contributed by atoms with van der Waals surface area (Å²) in [7, 11) is 2.30. The number of likely N-dealkylation sites (N-methyl/N-ethyl adjacent to an activating group) is 1. The topological polar surface area (TPSA) is 16.1 Å². The van der Waals surface area contributed by atoms with Gasteiger partial charge in [0.15, 0.2) is 0 Å². The van der Waals surface area contributed by atoms with Crippen LogP contribution in [0.15, 0.2) is 59.2 Å². The van der Waals surface area contributed by atoms with E-state index in [1.165, 1.54) is 40.3 Å². The Kier molecular flexibility index (Phi) is 6.38. The van der Waals surface area contributed by atoms with E-state index in [1.54, 1.807) is 0 Å². The van der Waals surface area contributed by atoms with Crippen LogP contribution in [0, 0.1) is 0 Å². The largest absolute Gasteiger partial charge is 0.300 e. The number of hydrogen-bond acceptors (Lipinski definition) is 3. The summed E-state index contributed by atoms with van der Waals surface area (Å²) in [6.07, 6.45) is 5.82. The standard InChI is InChI=1S/C23H22BrClN2S.ClH/c1-27-18-9-10-20(27)22(19(12-18)14-5-7-17(25)8-6-14)23-26-13-21(28-23)15-3-2-4-16(24)11-15;/h2-8,11,13,18-20,22H,9-10,12H2,1H3;1H/t18-,19+,20+,22-;/m0./s1. The minimum atomic E-state index is 0. The van der Waals surface area contributed by atoms with Gasteiger partial charge in [-0.2, -0.15) is 0 Å². The van der Waals surface area contributed by atoms with Crippen molar-refractivity contribution in [1.82, 2.24) is 9.88 Å². The Bertz CT molecular complexity index is 991. The maximum Gasteiger partial charge on any atom is 0.0983 e. The normalized spacial score (nSPS) is 26.3. The van der Waals surface area contributed by atoms with Crippen molar-refractivity contribution in [2.45, 2.75) is 43.2 Å². The lowest BCUT2D eigenvalue weighted by molar-refractivity contribution is 0.137. The van der Waals surface area contributed by atoms with Gasteiger partial charge in [-0.05, 0) is 67.6 Å². The second-order valence-corrected chi connectivity index (χ2v) is 10.4. The second-order valence-electron chi connectivity index (χ2n) is 7.96. The molecular formula is C23H23BrCl2N2S. The van der Waals surface area contributed by atoms with Crippen molar-refractivity contribution < 1.29 is 0 Å². The molecule has 0 unspecified atom stereocenters. The van der Waals surface area contributed by atoms with Crippen LogP contribution in [0.1, 0.15) is 41.7 Å². The highest BCUT2D eigenvalue weighted by Crippen LogP contribution is 2.52. The summed E-state index contributed by atoms with van der Waals surface area (Å²) in [5.41, 5.74) is 2.63. The molecule has 0 aliphatic carbocycles. The van der Waals surface area contributed by atoms with Crippen molar-refractivity contribution in [2.24, 2.45) is 0 Å². The molecule has 1 aromatic heterocycles. The van der Waals surface area contributed by atoms with Crippen molar-refractivity contribution >= 4 is 51.3 Å². The Morgan fingerprint density at radius 2 is 1.93 bits per heavy atom. The van der Waals surface area contributed by atoms with Gasteiger partial charge < -0.3 is 0 Å². The molecule has 2 aliphatic rings. The molecule has 5 rings (SSSR count). The van der Waals surface area contributed by atoms with Crippen molar-refractivity contribution in [2.75, 3.05) is 7.05 Å². The molecule has 152 valence electrons. The highest BCUT2D eigenvalue weighted by atomic mass is 79.9. The SMILES string of the molecule is CN1[C@H]2CC[C@@H]1[C@@H](c1ncc(-c3cccc(Br)c3)s1)[C@@H](c1ccc(Cl)cc1)C2.Cl. The lowest BCUT2D eigenvalue weighted by Gasteiger charge is -2.42. The maximum atomic E-state index is 6.16. The van der Waals surface area contributed by atoms with Gasteiger partial charge in [0.25, 0.3) is 0 Å². The van der Waals surface area contributed by atoms with Crippen LogP contribution in [-0.4, -0.2) is 29.0 Å². The van der Waals surface area contributed by atoms with E-state index < -0.39 is 0 Å². The maximum absolute atomic E-state index is 6.16. The third-order valence-corrected chi connectivity index (χ3v) is 8.38. The van der Waals surface area contributed by atoms with Crippen LogP contribution < -0.4 is 0 Å². The zero-order valence-electron chi connectivity index (χ0n) is 16.1. The second kappa shape index (κ2) is 8.68. The van der Waals surface area contributed by atoms with Crippen LogP contribution in [0.4, 0.5) is 0 Å². The molecule has 29 heavy (non-hydrogen) atoms. The summed E-state index contributed by atoms with van der Waals surface area (Å²) >= 11 is 11.6. The molecule has 0 saturated carbocycles. The first kappa shape index (κ1) is 21.3. The van der Waals surface area contributed by atoms with E-state index in [4.69, 9.17) is 16.6 Å². The zero-order chi connectivity index (χ0) is 19.3. The van der Waals surface area contributed by atoms with Crippen molar-refractivity contribution in [3.63, 3.8) is 0 Å². The van der Waals surface area contributed by atoms with Crippen LogP contribution in [0.25, 0.3) is 10.4 Å². The number of benzene rings is 2. The summed E-state index contributed by atoms with van der Waals surface area (Å²) < 4.78 is 1.11. The van der Waals surface area contributed by atoms with E-state index in [0.717, 1.165) is 9.50 Å². The van der Waals surface area contributed by atoms with Crippen LogP contribution in [0.5, 0.6) is 0 Å². The van der Waals surface area contributed by atoms with Crippen molar-refractivity contribution in [3.05, 3.63) is 74.8 Å². The fourth-order valence-electron chi connectivity index (χ4n) is 5.07. The number of halogens is 3. The summed E-state index contributed by atoms with van der Waals surface area (Å²) in [5, 5.41) is 2.08. The van der Waals surface area contributed by atoms with E-state index >= 15 is 0 Å². The highest BCUT2D eigenvalue weighted by Gasteiger charge is 2.47. The molecule has 6 heteroatoms. The van der Waals surface area contributed by atoms with Crippen molar-refractivity contribution in [1.29, 1.82) is 0 Å². The average Bonchev–Trinajstić information content (AvgIpc) is 3.26. The van der Waals surface area contributed by atoms with E-state index in [2.05, 4.69) is 70.5 Å². The number of thiazole rings is 1. The molecule has 0 radical (unpaired) electrons. The third kappa shape index (κ3) is 4.03. The van der Waals surface area contributed by atoms with Gasteiger partial charge in [0.05, 0.1) is 9.88 Å². The molecule has 0 amide bonds. The molecule has 2 aromatic carbocycles. The Labute approximate surface area is 195 Å². The smallest absolute Gasteiger partial charge is 0.0983 e. The Morgan fingerprint density at radius 1 is 1.14 bits per heavy atom. The zero-order valence-corrected chi connectivity index (χ0v) is 20.1.